The van der Waals surface area contributed by atoms with Crippen LogP contribution in [0.1, 0.15) is 28.7 Å². The first kappa shape index (κ1) is 20.7. The highest BCUT2D eigenvalue weighted by molar-refractivity contribution is 5.97. The van der Waals surface area contributed by atoms with Crippen LogP contribution in [0.4, 0.5) is 24.5 Å². The lowest BCUT2D eigenvalue weighted by Gasteiger charge is -2.16. The molecule has 1 unspecified atom stereocenters. The summed E-state index contributed by atoms with van der Waals surface area (Å²) in [6.45, 7) is 2.79. The molecule has 9 nitrogen and oxygen atoms in total. The van der Waals surface area contributed by atoms with Crippen molar-refractivity contribution in [2.45, 2.75) is 26.1 Å². The van der Waals surface area contributed by atoms with E-state index < -0.39 is 46.0 Å². The number of hydrogen-bond donors (Lipinski definition) is 1. The Kier molecular flexibility index (Phi) is 5.91. The summed E-state index contributed by atoms with van der Waals surface area (Å²) in [6, 6.07) is 1.86. The largest absolute Gasteiger partial charge is 0.448 e. The van der Waals surface area contributed by atoms with Crippen molar-refractivity contribution in [2.24, 2.45) is 0 Å². The fourth-order valence-corrected chi connectivity index (χ4v) is 2.00. The lowest BCUT2D eigenvalue weighted by atomic mass is 10.1. The molecule has 0 saturated carbocycles. The number of halogens is 3. The number of rotatable bonds is 5. The van der Waals surface area contributed by atoms with E-state index in [0.717, 1.165) is 25.3 Å². The third-order valence-electron chi connectivity index (χ3n) is 3.42. The van der Waals surface area contributed by atoms with Crippen molar-refractivity contribution in [1.82, 2.24) is 9.97 Å². The SMILES string of the molecule is Cc1cnc(C(=O)OC(C)C(=O)Nc2ccc([N+](=O)[O-])cc2C(F)(F)F)cn1. The van der Waals surface area contributed by atoms with Crippen LogP contribution in [-0.2, 0) is 15.7 Å². The van der Waals surface area contributed by atoms with Gasteiger partial charge < -0.3 is 10.1 Å². The zero-order chi connectivity index (χ0) is 21.1. The molecular weight excluding hydrogens is 385 g/mol. The standard InChI is InChI=1S/C16H13F3N4O5/c1-8-6-21-13(7-20-8)15(25)28-9(2)14(24)22-12-4-3-10(23(26)27)5-11(12)16(17,18)19/h3-7,9H,1-2H3,(H,22,24). The van der Waals surface area contributed by atoms with Crippen LogP contribution in [0.5, 0.6) is 0 Å². The van der Waals surface area contributed by atoms with Gasteiger partial charge in [0.1, 0.15) is 0 Å². The lowest BCUT2D eigenvalue weighted by molar-refractivity contribution is -0.385. The van der Waals surface area contributed by atoms with Gasteiger partial charge in [-0.25, -0.2) is 9.78 Å². The number of nitro benzene ring substituents is 1. The molecule has 0 fully saturated rings. The minimum atomic E-state index is -4.95. The third-order valence-corrected chi connectivity index (χ3v) is 3.42. The molecule has 0 bridgehead atoms. The molecule has 1 amide bonds. The van der Waals surface area contributed by atoms with Gasteiger partial charge in [-0.2, -0.15) is 13.2 Å². The highest BCUT2D eigenvalue weighted by Crippen LogP contribution is 2.37. The first-order chi connectivity index (χ1) is 13.0. The van der Waals surface area contributed by atoms with Gasteiger partial charge in [-0.05, 0) is 19.9 Å². The minimum Gasteiger partial charge on any atom is -0.448 e. The number of nitrogens with one attached hydrogen (secondary N) is 1. The molecule has 1 N–H and O–H groups in total. The number of hydrogen-bond acceptors (Lipinski definition) is 7. The molecule has 0 aliphatic carbocycles. The van der Waals surface area contributed by atoms with E-state index in [-0.39, 0.29) is 5.69 Å². The number of esters is 1. The van der Waals surface area contributed by atoms with E-state index in [4.69, 9.17) is 4.74 Å². The predicted molar refractivity (Wildman–Crippen MR) is 88.4 cm³/mol. The highest BCUT2D eigenvalue weighted by atomic mass is 19.4. The highest BCUT2D eigenvalue weighted by Gasteiger charge is 2.36. The molecular formula is C16H13F3N4O5. The molecule has 148 valence electrons. The van der Waals surface area contributed by atoms with E-state index in [1.165, 1.54) is 6.20 Å². The van der Waals surface area contributed by atoms with Crippen molar-refractivity contribution in [3.8, 4) is 0 Å². The van der Waals surface area contributed by atoms with Crippen LogP contribution in [0, 0.1) is 17.0 Å². The number of aromatic nitrogens is 2. The van der Waals surface area contributed by atoms with Crippen LogP contribution in [-0.4, -0.2) is 32.9 Å². The smallest absolute Gasteiger partial charge is 0.418 e. The molecule has 12 heteroatoms. The first-order valence-corrected chi connectivity index (χ1v) is 7.65. The van der Waals surface area contributed by atoms with Gasteiger partial charge in [-0.15, -0.1) is 0 Å². The number of carbonyl (C=O) groups is 2. The second kappa shape index (κ2) is 7.98. The number of anilines is 1. The van der Waals surface area contributed by atoms with E-state index in [2.05, 4.69) is 9.97 Å². The quantitative estimate of drug-likeness (QED) is 0.466. The number of non-ortho nitro benzene ring substituents is 1. The Balaban J connectivity index is 2.16. The molecule has 0 spiro atoms. The third kappa shape index (κ3) is 4.99. The molecule has 0 aliphatic heterocycles. The number of nitrogens with zero attached hydrogens (tertiary/aromatic N) is 3. The van der Waals surface area contributed by atoms with Crippen molar-refractivity contribution < 1.29 is 32.4 Å². The lowest BCUT2D eigenvalue weighted by Crippen LogP contribution is -2.31. The van der Waals surface area contributed by atoms with E-state index in [1.807, 2.05) is 5.32 Å². The van der Waals surface area contributed by atoms with Gasteiger partial charge in [0, 0.05) is 18.3 Å². The summed E-state index contributed by atoms with van der Waals surface area (Å²) in [5.74, 6) is -2.05. The maximum absolute atomic E-state index is 13.1. The molecule has 0 saturated heterocycles. The Hall–Kier alpha value is -3.57. The minimum absolute atomic E-state index is 0.184. The Morgan fingerprint density at radius 2 is 1.93 bits per heavy atom. The molecule has 1 heterocycles. The molecule has 1 atom stereocenters. The van der Waals surface area contributed by atoms with Crippen LogP contribution in [0.25, 0.3) is 0 Å². The number of benzene rings is 1. The van der Waals surface area contributed by atoms with Gasteiger partial charge in [-0.1, -0.05) is 0 Å². The average Bonchev–Trinajstić information content (AvgIpc) is 2.61. The summed E-state index contributed by atoms with van der Waals surface area (Å²) in [5, 5.41) is 12.6. The zero-order valence-corrected chi connectivity index (χ0v) is 14.5. The summed E-state index contributed by atoms with van der Waals surface area (Å²) in [6.07, 6.45) is -3.99. The predicted octanol–water partition coefficient (Wildman–Crippen LogP) is 2.90. The normalized spacial score (nSPS) is 12.2. The Labute approximate surface area is 155 Å². The maximum Gasteiger partial charge on any atom is 0.418 e. The summed E-state index contributed by atoms with van der Waals surface area (Å²) >= 11 is 0. The summed E-state index contributed by atoms with van der Waals surface area (Å²) in [5.41, 5.74) is -2.54. The number of ether oxygens (including phenoxy) is 1. The van der Waals surface area contributed by atoms with Gasteiger partial charge in [0.2, 0.25) is 0 Å². The van der Waals surface area contributed by atoms with Crippen LogP contribution in [0.15, 0.2) is 30.6 Å². The van der Waals surface area contributed by atoms with Gasteiger partial charge in [-0.3, -0.25) is 19.9 Å². The molecule has 2 aromatic rings. The van der Waals surface area contributed by atoms with E-state index in [0.29, 0.717) is 11.8 Å². The van der Waals surface area contributed by atoms with Crippen molar-refractivity contribution in [1.29, 1.82) is 0 Å². The van der Waals surface area contributed by atoms with Crippen LogP contribution >= 0.6 is 0 Å². The van der Waals surface area contributed by atoms with Gasteiger partial charge in [0.15, 0.2) is 11.8 Å². The van der Waals surface area contributed by atoms with E-state index >= 15 is 0 Å². The first-order valence-electron chi connectivity index (χ1n) is 7.65. The second-order valence-electron chi connectivity index (χ2n) is 5.56. The van der Waals surface area contributed by atoms with Gasteiger partial charge in [0.05, 0.1) is 28.1 Å². The average molecular weight is 398 g/mol. The van der Waals surface area contributed by atoms with Crippen LogP contribution in [0.3, 0.4) is 0 Å². The van der Waals surface area contributed by atoms with Crippen LogP contribution in [0.2, 0.25) is 0 Å². The molecule has 0 radical (unpaired) electrons. The topological polar surface area (TPSA) is 124 Å². The Morgan fingerprint density at radius 1 is 1.25 bits per heavy atom. The number of alkyl halides is 3. The summed E-state index contributed by atoms with van der Waals surface area (Å²) < 4.78 is 44.3. The number of amides is 1. The monoisotopic (exact) mass is 398 g/mol. The molecule has 1 aromatic heterocycles. The van der Waals surface area contributed by atoms with Crippen molar-refractivity contribution in [2.75, 3.05) is 5.32 Å². The van der Waals surface area contributed by atoms with Gasteiger partial charge >= 0.3 is 12.1 Å². The number of nitro groups is 1. The second-order valence-corrected chi connectivity index (χ2v) is 5.56. The Morgan fingerprint density at radius 3 is 2.46 bits per heavy atom. The van der Waals surface area contributed by atoms with Crippen LogP contribution < -0.4 is 5.32 Å². The van der Waals surface area contributed by atoms with Crippen molar-refractivity contribution in [3.05, 3.63) is 57.7 Å². The zero-order valence-electron chi connectivity index (χ0n) is 14.5. The molecule has 1 aromatic carbocycles. The fourth-order valence-electron chi connectivity index (χ4n) is 2.00. The molecule has 2 rings (SSSR count). The van der Waals surface area contributed by atoms with Crippen molar-refractivity contribution >= 4 is 23.3 Å². The fraction of sp³-hybridized carbons (Fsp3) is 0.250. The van der Waals surface area contributed by atoms with E-state index in [1.54, 1.807) is 6.92 Å². The number of aryl methyl sites for hydroxylation is 1. The number of carbonyl (C=O) groups excluding carboxylic acids is 2. The molecule has 28 heavy (non-hydrogen) atoms. The van der Waals surface area contributed by atoms with Gasteiger partial charge in [0.25, 0.3) is 11.6 Å². The maximum atomic E-state index is 13.1. The van der Waals surface area contributed by atoms with E-state index in [9.17, 15) is 32.9 Å². The van der Waals surface area contributed by atoms with Crippen molar-refractivity contribution in [3.63, 3.8) is 0 Å². The molecule has 0 aliphatic rings. The summed E-state index contributed by atoms with van der Waals surface area (Å²) in [7, 11) is 0. The Bertz CT molecular complexity index is 915. The summed E-state index contributed by atoms with van der Waals surface area (Å²) in [4.78, 5) is 41.3.